The lowest BCUT2D eigenvalue weighted by Crippen LogP contribution is -2.41. The third-order valence-corrected chi connectivity index (χ3v) is 7.08. The summed E-state index contributed by atoms with van der Waals surface area (Å²) in [5.41, 5.74) is 5.58. The van der Waals surface area contributed by atoms with Crippen molar-refractivity contribution in [2.45, 2.75) is 32.6 Å². The Hall–Kier alpha value is -4.66. The van der Waals surface area contributed by atoms with Crippen LogP contribution in [0.15, 0.2) is 73.3 Å². The number of methoxy groups -OCH3 is 1. The first kappa shape index (κ1) is 26.0. The molecule has 0 atom stereocenters. The van der Waals surface area contributed by atoms with Gasteiger partial charge in [0.15, 0.2) is 0 Å². The molecule has 2 N–H and O–H groups in total. The van der Waals surface area contributed by atoms with Crippen LogP contribution in [0.2, 0.25) is 0 Å². The molecule has 3 amide bonds. The van der Waals surface area contributed by atoms with Gasteiger partial charge in [-0.25, -0.2) is 9.78 Å². The number of nitrogens with one attached hydrogen (secondary N) is 2. The van der Waals surface area contributed by atoms with Crippen molar-refractivity contribution in [1.29, 1.82) is 0 Å². The van der Waals surface area contributed by atoms with Crippen molar-refractivity contribution in [3.63, 3.8) is 0 Å². The van der Waals surface area contributed by atoms with Crippen LogP contribution in [0, 0.1) is 13.8 Å². The SMILES string of the molecule is COc1ccc(NC(=O)N2CCC(c3nc(C)ccc3C(=O)Nc3ccc(-n4ccnc4)cc3)CC2)c(C)c1. The third kappa shape index (κ3) is 5.93. The molecule has 39 heavy (non-hydrogen) atoms. The van der Waals surface area contributed by atoms with E-state index in [1.165, 1.54) is 0 Å². The van der Waals surface area contributed by atoms with E-state index in [0.717, 1.165) is 46.9 Å². The third-order valence-electron chi connectivity index (χ3n) is 7.08. The second-order valence-electron chi connectivity index (χ2n) is 9.73. The molecule has 4 aromatic rings. The van der Waals surface area contributed by atoms with Gasteiger partial charge in [0.25, 0.3) is 5.91 Å². The van der Waals surface area contributed by atoms with E-state index in [9.17, 15) is 9.59 Å². The topological polar surface area (TPSA) is 101 Å². The number of carbonyl (C=O) groups excluding carboxylic acids is 2. The molecular weight excluding hydrogens is 492 g/mol. The number of nitrogens with zero attached hydrogens (tertiary/aromatic N) is 4. The summed E-state index contributed by atoms with van der Waals surface area (Å²) in [6.07, 6.45) is 6.77. The molecule has 0 aliphatic carbocycles. The van der Waals surface area contributed by atoms with Gasteiger partial charge in [-0.3, -0.25) is 9.78 Å². The van der Waals surface area contributed by atoms with Crippen LogP contribution in [0.1, 0.15) is 46.1 Å². The van der Waals surface area contributed by atoms with Crippen molar-refractivity contribution in [1.82, 2.24) is 19.4 Å². The number of ether oxygens (including phenoxy) is 1. The number of rotatable bonds is 6. The van der Waals surface area contributed by atoms with Crippen molar-refractivity contribution < 1.29 is 14.3 Å². The van der Waals surface area contributed by atoms with Gasteiger partial charge in [-0.2, -0.15) is 0 Å². The van der Waals surface area contributed by atoms with Crippen LogP contribution in [0.5, 0.6) is 5.75 Å². The molecule has 2 aromatic carbocycles. The Balaban J connectivity index is 1.24. The lowest BCUT2D eigenvalue weighted by Gasteiger charge is -2.32. The van der Waals surface area contributed by atoms with Crippen molar-refractivity contribution in [2.75, 3.05) is 30.8 Å². The van der Waals surface area contributed by atoms with Gasteiger partial charge in [-0.05, 0) is 86.8 Å². The molecule has 9 nitrogen and oxygen atoms in total. The number of amides is 3. The predicted molar refractivity (Wildman–Crippen MR) is 151 cm³/mol. The van der Waals surface area contributed by atoms with Crippen LogP contribution >= 0.6 is 0 Å². The highest BCUT2D eigenvalue weighted by atomic mass is 16.5. The monoisotopic (exact) mass is 524 g/mol. The zero-order chi connectivity index (χ0) is 27.4. The lowest BCUT2D eigenvalue weighted by atomic mass is 9.90. The fourth-order valence-electron chi connectivity index (χ4n) is 4.86. The number of hydrogen-bond donors (Lipinski definition) is 2. The highest BCUT2D eigenvalue weighted by Gasteiger charge is 2.28. The van der Waals surface area contributed by atoms with Gasteiger partial charge in [0.05, 0.1) is 24.7 Å². The number of benzene rings is 2. The smallest absolute Gasteiger partial charge is 0.321 e. The van der Waals surface area contributed by atoms with Gasteiger partial charge < -0.3 is 24.8 Å². The lowest BCUT2D eigenvalue weighted by molar-refractivity contribution is 0.102. The van der Waals surface area contributed by atoms with Crippen LogP contribution in [0.25, 0.3) is 5.69 Å². The van der Waals surface area contributed by atoms with E-state index in [1.807, 2.05) is 84.1 Å². The highest BCUT2D eigenvalue weighted by molar-refractivity contribution is 6.05. The van der Waals surface area contributed by atoms with E-state index >= 15 is 0 Å². The quantitative estimate of drug-likeness (QED) is 0.344. The summed E-state index contributed by atoms with van der Waals surface area (Å²) < 4.78 is 7.15. The number of likely N-dealkylation sites (tertiary alicyclic amines) is 1. The van der Waals surface area contributed by atoms with Gasteiger partial charge in [-0.1, -0.05) is 0 Å². The minimum atomic E-state index is -0.192. The molecule has 1 aliphatic heterocycles. The van der Waals surface area contributed by atoms with Crippen LogP contribution in [-0.2, 0) is 0 Å². The molecule has 0 saturated carbocycles. The number of piperidine rings is 1. The normalized spacial score (nSPS) is 13.7. The maximum Gasteiger partial charge on any atom is 0.321 e. The van der Waals surface area contributed by atoms with E-state index in [4.69, 9.17) is 9.72 Å². The zero-order valence-corrected chi connectivity index (χ0v) is 22.3. The summed E-state index contributed by atoms with van der Waals surface area (Å²) in [6.45, 7) is 5.03. The minimum absolute atomic E-state index is 0.0843. The molecule has 0 bridgehead atoms. The van der Waals surface area contributed by atoms with Gasteiger partial charge in [0.2, 0.25) is 0 Å². The standard InChI is InChI=1S/C30H32N6O3/c1-20-18-25(39-3)9-11-27(20)34-30(38)35-15-12-22(13-16-35)28-26(10-4-21(2)32-28)29(37)33-23-5-7-24(8-6-23)36-17-14-31-19-36/h4-11,14,17-19,22H,12-13,15-16H2,1-3H3,(H,33,37)(H,34,38). The van der Waals surface area contributed by atoms with Crippen LogP contribution in [-0.4, -0.2) is 51.6 Å². The predicted octanol–water partition coefficient (Wildman–Crippen LogP) is 5.56. The Morgan fingerprint density at radius 3 is 2.41 bits per heavy atom. The average molecular weight is 525 g/mol. The van der Waals surface area contributed by atoms with E-state index in [0.29, 0.717) is 24.3 Å². The average Bonchev–Trinajstić information content (AvgIpc) is 3.49. The summed E-state index contributed by atoms with van der Waals surface area (Å²) in [7, 11) is 1.62. The fraction of sp³-hybridized carbons (Fsp3) is 0.267. The number of imidazole rings is 1. The van der Waals surface area contributed by atoms with Gasteiger partial charge in [-0.15, -0.1) is 0 Å². The molecule has 1 saturated heterocycles. The number of pyridine rings is 1. The Bertz CT molecular complexity index is 1460. The maximum atomic E-state index is 13.3. The van der Waals surface area contributed by atoms with Crippen molar-refractivity contribution in [2.24, 2.45) is 0 Å². The van der Waals surface area contributed by atoms with Gasteiger partial charge in [0, 0.05) is 54.2 Å². The molecule has 200 valence electrons. The second-order valence-corrected chi connectivity index (χ2v) is 9.73. The molecule has 2 aromatic heterocycles. The van der Waals surface area contributed by atoms with Crippen molar-refractivity contribution in [3.05, 3.63) is 95.8 Å². The molecule has 1 aliphatic rings. The number of urea groups is 1. The molecule has 3 heterocycles. The molecule has 9 heteroatoms. The first-order valence-corrected chi connectivity index (χ1v) is 13.0. The summed E-state index contributed by atoms with van der Waals surface area (Å²) >= 11 is 0. The minimum Gasteiger partial charge on any atom is -0.497 e. The van der Waals surface area contributed by atoms with Crippen LogP contribution in [0.4, 0.5) is 16.2 Å². The van der Waals surface area contributed by atoms with E-state index in [2.05, 4.69) is 15.6 Å². The molecule has 0 unspecified atom stereocenters. The fourth-order valence-corrected chi connectivity index (χ4v) is 4.86. The summed E-state index contributed by atoms with van der Waals surface area (Å²) in [6, 6.07) is 16.8. The molecule has 5 rings (SSSR count). The first-order chi connectivity index (χ1) is 18.9. The zero-order valence-electron chi connectivity index (χ0n) is 22.3. The highest BCUT2D eigenvalue weighted by Crippen LogP contribution is 2.31. The summed E-state index contributed by atoms with van der Waals surface area (Å²) in [4.78, 5) is 36.9. The number of hydrogen-bond acceptors (Lipinski definition) is 5. The summed E-state index contributed by atoms with van der Waals surface area (Å²) in [5.74, 6) is 0.646. The Morgan fingerprint density at radius 1 is 0.974 bits per heavy atom. The molecule has 1 fully saturated rings. The molecular formula is C30H32N6O3. The van der Waals surface area contributed by atoms with Crippen LogP contribution in [0.3, 0.4) is 0 Å². The Labute approximate surface area is 227 Å². The Morgan fingerprint density at radius 2 is 1.74 bits per heavy atom. The number of aryl methyl sites for hydroxylation is 2. The largest absolute Gasteiger partial charge is 0.497 e. The van der Waals surface area contributed by atoms with Gasteiger partial charge >= 0.3 is 6.03 Å². The van der Waals surface area contributed by atoms with Crippen molar-refractivity contribution >= 4 is 23.3 Å². The van der Waals surface area contributed by atoms with E-state index in [1.54, 1.807) is 19.6 Å². The first-order valence-electron chi connectivity index (χ1n) is 13.0. The van der Waals surface area contributed by atoms with Gasteiger partial charge in [0.1, 0.15) is 5.75 Å². The second kappa shape index (κ2) is 11.4. The number of anilines is 2. The Kier molecular flexibility index (Phi) is 7.58. The number of aromatic nitrogens is 3. The van der Waals surface area contributed by atoms with Crippen LogP contribution < -0.4 is 15.4 Å². The molecule has 0 radical (unpaired) electrons. The maximum absolute atomic E-state index is 13.3. The summed E-state index contributed by atoms with van der Waals surface area (Å²) in [5, 5.41) is 6.02. The van der Waals surface area contributed by atoms with Crippen molar-refractivity contribution in [3.8, 4) is 11.4 Å². The molecule has 0 spiro atoms. The number of carbonyl (C=O) groups is 2. The van der Waals surface area contributed by atoms with E-state index in [-0.39, 0.29) is 17.9 Å². The van der Waals surface area contributed by atoms with E-state index < -0.39 is 0 Å².